The smallest absolute Gasteiger partial charge is 0.128 e. The van der Waals surface area contributed by atoms with Crippen molar-refractivity contribution in [1.82, 2.24) is 9.88 Å². The Hall–Kier alpha value is -1.66. The van der Waals surface area contributed by atoms with Crippen molar-refractivity contribution in [3.05, 3.63) is 59.2 Å². The van der Waals surface area contributed by atoms with Crippen LogP contribution in [0.3, 0.4) is 0 Å². The Balaban J connectivity index is 1.42. The van der Waals surface area contributed by atoms with Gasteiger partial charge in [0.1, 0.15) is 5.82 Å². The van der Waals surface area contributed by atoms with Crippen LogP contribution in [0, 0.1) is 0 Å². The van der Waals surface area contributed by atoms with Crippen molar-refractivity contribution in [2.45, 2.75) is 57.4 Å². The molecule has 2 aromatic rings. The van der Waals surface area contributed by atoms with Gasteiger partial charge in [-0.05, 0) is 62.9 Å². The lowest BCUT2D eigenvalue weighted by Gasteiger charge is -2.47. The van der Waals surface area contributed by atoms with Crippen molar-refractivity contribution in [2.24, 2.45) is 0 Å². The molecule has 1 aromatic heterocycles. The first-order valence-corrected chi connectivity index (χ1v) is 11.9. The zero-order valence-corrected chi connectivity index (χ0v) is 19.4. The summed E-state index contributed by atoms with van der Waals surface area (Å²) in [6, 6.07) is 15.3. The standard InChI is InChI=1S/C25H34ClN3O2/c1-19(2)30-18-24-16-29(23(17-31-24)15-20-6-8-21(26)9-7-20)22-10-13-28(14-11-22)25-5-3-4-12-27-25/h3-9,12,19,22-24H,10-11,13-18H2,1-2H3/t23-,24?/m0/s1. The molecule has 3 heterocycles. The number of ether oxygens (including phenoxy) is 2. The number of halogens is 1. The molecule has 2 fully saturated rings. The maximum Gasteiger partial charge on any atom is 0.128 e. The van der Waals surface area contributed by atoms with Crippen LogP contribution in [-0.2, 0) is 15.9 Å². The summed E-state index contributed by atoms with van der Waals surface area (Å²) in [4.78, 5) is 9.64. The van der Waals surface area contributed by atoms with E-state index in [-0.39, 0.29) is 12.2 Å². The average Bonchev–Trinajstić information content (AvgIpc) is 2.80. The maximum atomic E-state index is 6.24. The van der Waals surface area contributed by atoms with E-state index in [1.807, 2.05) is 24.4 Å². The van der Waals surface area contributed by atoms with Crippen LogP contribution in [0.5, 0.6) is 0 Å². The fourth-order valence-corrected chi connectivity index (χ4v) is 4.79. The van der Waals surface area contributed by atoms with Crippen molar-refractivity contribution >= 4 is 17.4 Å². The van der Waals surface area contributed by atoms with Crippen molar-refractivity contribution in [3.63, 3.8) is 0 Å². The molecule has 168 valence electrons. The molecule has 0 amide bonds. The number of pyridine rings is 1. The summed E-state index contributed by atoms with van der Waals surface area (Å²) in [7, 11) is 0. The molecule has 0 spiro atoms. The fourth-order valence-electron chi connectivity index (χ4n) is 4.66. The Morgan fingerprint density at radius 1 is 1.13 bits per heavy atom. The number of hydrogen-bond donors (Lipinski definition) is 0. The van der Waals surface area contributed by atoms with Gasteiger partial charge >= 0.3 is 0 Å². The molecule has 2 aliphatic rings. The highest BCUT2D eigenvalue weighted by molar-refractivity contribution is 6.30. The Labute approximate surface area is 191 Å². The van der Waals surface area contributed by atoms with E-state index in [0.717, 1.165) is 56.3 Å². The van der Waals surface area contributed by atoms with Gasteiger partial charge in [-0.1, -0.05) is 29.8 Å². The van der Waals surface area contributed by atoms with E-state index in [2.05, 4.69) is 52.9 Å². The van der Waals surface area contributed by atoms with Gasteiger partial charge in [-0.3, -0.25) is 4.90 Å². The molecule has 4 rings (SSSR count). The molecule has 0 bridgehead atoms. The number of piperidine rings is 1. The van der Waals surface area contributed by atoms with Crippen molar-refractivity contribution in [1.29, 1.82) is 0 Å². The number of nitrogens with zero attached hydrogens (tertiary/aromatic N) is 3. The van der Waals surface area contributed by atoms with Gasteiger partial charge in [0.15, 0.2) is 0 Å². The van der Waals surface area contributed by atoms with Gasteiger partial charge in [-0.15, -0.1) is 0 Å². The summed E-state index contributed by atoms with van der Waals surface area (Å²) in [5.41, 5.74) is 1.31. The SMILES string of the molecule is CC(C)OCC1CN(C2CCN(c3ccccn3)CC2)[C@@H](Cc2ccc(Cl)cc2)CO1. The van der Waals surface area contributed by atoms with E-state index >= 15 is 0 Å². The third-order valence-electron chi connectivity index (χ3n) is 6.31. The molecule has 0 radical (unpaired) electrons. The predicted octanol–water partition coefficient (Wildman–Crippen LogP) is 4.44. The van der Waals surface area contributed by atoms with E-state index in [0.29, 0.717) is 18.7 Å². The van der Waals surface area contributed by atoms with E-state index in [9.17, 15) is 0 Å². The fraction of sp³-hybridized carbons (Fsp3) is 0.560. The van der Waals surface area contributed by atoms with Crippen LogP contribution in [0.1, 0.15) is 32.3 Å². The van der Waals surface area contributed by atoms with Gasteiger partial charge < -0.3 is 14.4 Å². The zero-order chi connectivity index (χ0) is 21.6. The van der Waals surface area contributed by atoms with E-state index in [1.165, 1.54) is 5.56 Å². The first-order chi connectivity index (χ1) is 15.1. The number of rotatable bonds is 7. The Morgan fingerprint density at radius 3 is 2.58 bits per heavy atom. The molecule has 2 saturated heterocycles. The lowest BCUT2D eigenvalue weighted by atomic mass is 9.96. The highest BCUT2D eigenvalue weighted by Crippen LogP contribution is 2.27. The number of hydrogen-bond acceptors (Lipinski definition) is 5. The molecule has 1 unspecified atom stereocenters. The highest BCUT2D eigenvalue weighted by atomic mass is 35.5. The minimum absolute atomic E-state index is 0.137. The second-order valence-electron chi connectivity index (χ2n) is 8.92. The van der Waals surface area contributed by atoms with Crippen LogP contribution in [0.15, 0.2) is 48.7 Å². The summed E-state index contributed by atoms with van der Waals surface area (Å²) < 4.78 is 12.1. The number of morpholine rings is 1. The van der Waals surface area contributed by atoms with Crippen LogP contribution in [-0.4, -0.2) is 67.0 Å². The molecular formula is C25H34ClN3O2. The Morgan fingerprint density at radius 2 is 1.90 bits per heavy atom. The molecular weight excluding hydrogens is 410 g/mol. The van der Waals surface area contributed by atoms with E-state index < -0.39 is 0 Å². The minimum Gasteiger partial charge on any atom is -0.376 e. The van der Waals surface area contributed by atoms with Gasteiger partial charge in [0.2, 0.25) is 0 Å². The second kappa shape index (κ2) is 10.8. The average molecular weight is 444 g/mol. The molecule has 5 nitrogen and oxygen atoms in total. The monoisotopic (exact) mass is 443 g/mol. The second-order valence-corrected chi connectivity index (χ2v) is 9.36. The normalized spacial score (nSPS) is 23.4. The van der Waals surface area contributed by atoms with Crippen LogP contribution in [0.2, 0.25) is 5.02 Å². The summed E-state index contributed by atoms with van der Waals surface area (Å²) in [5.74, 6) is 1.09. The van der Waals surface area contributed by atoms with Crippen LogP contribution in [0.25, 0.3) is 0 Å². The van der Waals surface area contributed by atoms with Crippen molar-refractivity contribution < 1.29 is 9.47 Å². The molecule has 0 saturated carbocycles. The molecule has 0 aliphatic carbocycles. The van der Waals surface area contributed by atoms with Gasteiger partial charge in [0, 0.05) is 42.9 Å². The molecule has 2 atom stereocenters. The molecule has 0 N–H and O–H groups in total. The third kappa shape index (κ3) is 6.19. The summed E-state index contributed by atoms with van der Waals surface area (Å²) >= 11 is 6.09. The first kappa shape index (κ1) is 22.5. The quantitative estimate of drug-likeness (QED) is 0.632. The molecule has 6 heteroatoms. The number of aromatic nitrogens is 1. The van der Waals surface area contributed by atoms with Crippen molar-refractivity contribution in [2.75, 3.05) is 37.7 Å². The van der Waals surface area contributed by atoms with Gasteiger partial charge in [0.25, 0.3) is 0 Å². The third-order valence-corrected chi connectivity index (χ3v) is 6.57. The summed E-state index contributed by atoms with van der Waals surface area (Å²) in [6.07, 6.45) is 5.51. The first-order valence-electron chi connectivity index (χ1n) is 11.5. The zero-order valence-electron chi connectivity index (χ0n) is 18.6. The topological polar surface area (TPSA) is 37.8 Å². The van der Waals surface area contributed by atoms with E-state index in [4.69, 9.17) is 21.1 Å². The van der Waals surface area contributed by atoms with Gasteiger partial charge in [-0.25, -0.2) is 4.98 Å². The molecule has 2 aliphatic heterocycles. The largest absolute Gasteiger partial charge is 0.376 e. The maximum absolute atomic E-state index is 6.24. The highest BCUT2D eigenvalue weighted by Gasteiger charge is 2.35. The number of benzene rings is 1. The van der Waals surface area contributed by atoms with Crippen LogP contribution in [0.4, 0.5) is 5.82 Å². The Kier molecular flexibility index (Phi) is 7.83. The summed E-state index contributed by atoms with van der Waals surface area (Å²) in [6.45, 7) is 8.58. The lowest BCUT2D eigenvalue weighted by molar-refractivity contribution is -0.114. The minimum atomic E-state index is 0.137. The molecule has 1 aromatic carbocycles. The summed E-state index contributed by atoms with van der Waals surface area (Å²) in [5, 5.41) is 0.785. The predicted molar refractivity (Wildman–Crippen MR) is 126 cm³/mol. The van der Waals surface area contributed by atoms with Gasteiger partial charge in [0.05, 0.1) is 25.4 Å². The van der Waals surface area contributed by atoms with Crippen LogP contribution >= 0.6 is 11.6 Å². The Bertz CT molecular complexity index is 794. The molecule has 31 heavy (non-hydrogen) atoms. The van der Waals surface area contributed by atoms with Crippen molar-refractivity contribution in [3.8, 4) is 0 Å². The van der Waals surface area contributed by atoms with Crippen LogP contribution < -0.4 is 4.90 Å². The lowest BCUT2D eigenvalue weighted by Crippen LogP contribution is -2.58. The van der Waals surface area contributed by atoms with Gasteiger partial charge in [-0.2, -0.15) is 0 Å². The number of anilines is 1. The van der Waals surface area contributed by atoms with E-state index in [1.54, 1.807) is 0 Å².